The molecule has 0 saturated carbocycles. The number of nitrogens with one attached hydrogen (secondary N) is 4. The van der Waals surface area contributed by atoms with Gasteiger partial charge in [-0.2, -0.15) is 0 Å². The van der Waals surface area contributed by atoms with Crippen LogP contribution in [0.25, 0.3) is 0 Å². The Morgan fingerprint density at radius 2 is 1.92 bits per heavy atom. The molecule has 2 amide bonds. The maximum atomic E-state index is 11.7. The van der Waals surface area contributed by atoms with Crippen LogP contribution in [0.15, 0.2) is 41.0 Å². The minimum atomic E-state index is -0.466. The van der Waals surface area contributed by atoms with E-state index in [0.29, 0.717) is 0 Å². The van der Waals surface area contributed by atoms with E-state index >= 15 is 0 Å². The van der Waals surface area contributed by atoms with E-state index in [2.05, 4.69) is 21.5 Å². The van der Waals surface area contributed by atoms with E-state index in [1.807, 2.05) is 32.0 Å². The van der Waals surface area contributed by atoms with Crippen molar-refractivity contribution < 1.29 is 14.0 Å². The van der Waals surface area contributed by atoms with Crippen molar-refractivity contribution in [1.29, 1.82) is 0 Å². The van der Waals surface area contributed by atoms with Gasteiger partial charge in [0.15, 0.2) is 10.9 Å². The highest BCUT2D eigenvalue weighted by molar-refractivity contribution is 7.80. The fourth-order valence-corrected chi connectivity index (χ4v) is 2.03. The van der Waals surface area contributed by atoms with Crippen LogP contribution in [-0.2, 0) is 4.79 Å². The number of rotatable bonds is 4. The fourth-order valence-electron chi connectivity index (χ4n) is 1.87. The van der Waals surface area contributed by atoms with Crippen LogP contribution in [0.2, 0.25) is 0 Å². The second-order valence-corrected chi connectivity index (χ2v) is 5.44. The molecule has 4 N–H and O–H groups in total. The maximum absolute atomic E-state index is 11.7. The van der Waals surface area contributed by atoms with Gasteiger partial charge in [0.1, 0.15) is 0 Å². The summed E-state index contributed by atoms with van der Waals surface area (Å²) in [7, 11) is 0. The lowest BCUT2D eigenvalue weighted by atomic mass is 10.1. The predicted molar refractivity (Wildman–Crippen MR) is 94.5 cm³/mol. The van der Waals surface area contributed by atoms with E-state index in [1.165, 1.54) is 12.3 Å². The summed E-state index contributed by atoms with van der Waals surface area (Å²) in [5.41, 5.74) is 8.04. The highest BCUT2D eigenvalue weighted by Crippen LogP contribution is 2.17. The largest absolute Gasteiger partial charge is 0.459 e. The number of carbonyl (C=O) groups is 2. The monoisotopic (exact) mass is 346 g/mol. The third-order valence-corrected chi connectivity index (χ3v) is 3.53. The quantitative estimate of drug-likeness (QED) is 0.497. The summed E-state index contributed by atoms with van der Waals surface area (Å²) in [6.07, 6.45) is 1.38. The van der Waals surface area contributed by atoms with Gasteiger partial charge >= 0.3 is 0 Å². The SMILES string of the molecule is Cc1cccc(NC(=S)NNC(=O)CNC(=O)c2ccco2)c1C. The van der Waals surface area contributed by atoms with Crippen molar-refractivity contribution >= 4 is 34.8 Å². The molecule has 2 aromatic rings. The first kappa shape index (κ1) is 17.5. The summed E-state index contributed by atoms with van der Waals surface area (Å²) in [6.45, 7) is 3.77. The highest BCUT2D eigenvalue weighted by Gasteiger charge is 2.10. The van der Waals surface area contributed by atoms with Crippen LogP contribution >= 0.6 is 12.2 Å². The number of amides is 2. The van der Waals surface area contributed by atoms with Gasteiger partial charge < -0.3 is 15.1 Å². The summed E-state index contributed by atoms with van der Waals surface area (Å²) < 4.78 is 4.92. The third kappa shape index (κ3) is 4.82. The number of thiocarbonyl (C=S) groups is 1. The minimum Gasteiger partial charge on any atom is -0.459 e. The highest BCUT2D eigenvalue weighted by atomic mass is 32.1. The Morgan fingerprint density at radius 3 is 2.62 bits per heavy atom. The first-order chi connectivity index (χ1) is 11.5. The standard InChI is InChI=1S/C16H18N4O3S/c1-10-5-3-6-12(11(10)2)18-16(24)20-19-14(21)9-17-15(22)13-7-4-8-23-13/h3-8H,9H2,1-2H3,(H,17,22)(H,19,21)(H2,18,20,24). The molecule has 0 radical (unpaired) electrons. The second-order valence-electron chi connectivity index (χ2n) is 5.03. The van der Waals surface area contributed by atoms with Crippen molar-refractivity contribution in [3.8, 4) is 0 Å². The molecule has 126 valence electrons. The molecular formula is C16H18N4O3S. The molecule has 1 aromatic carbocycles. The lowest BCUT2D eigenvalue weighted by Crippen LogP contribution is -2.47. The maximum Gasteiger partial charge on any atom is 0.287 e. The van der Waals surface area contributed by atoms with Crippen LogP contribution in [-0.4, -0.2) is 23.5 Å². The number of anilines is 1. The van der Waals surface area contributed by atoms with Crippen molar-refractivity contribution in [2.45, 2.75) is 13.8 Å². The van der Waals surface area contributed by atoms with Crippen molar-refractivity contribution in [1.82, 2.24) is 16.2 Å². The number of hydrogen-bond acceptors (Lipinski definition) is 4. The zero-order valence-electron chi connectivity index (χ0n) is 13.3. The van der Waals surface area contributed by atoms with Gasteiger partial charge in [-0.25, -0.2) is 0 Å². The van der Waals surface area contributed by atoms with Gasteiger partial charge in [0.2, 0.25) is 0 Å². The summed E-state index contributed by atoms with van der Waals surface area (Å²) in [6, 6.07) is 8.90. The van der Waals surface area contributed by atoms with E-state index < -0.39 is 11.8 Å². The van der Waals surface area contributed by atoms with Crippen LogP contribution in [0.1, 0.15) is 21.7 Å². The summed E-state index contributed by atoms with van der Waals surface area (Å²) in [5.74, 6) is -0.769. The average molecular weight is 346 g/mol. The van der Waals surface area contributed by atoms with Crippen LogP contribution < -0.4 is 21.5 Å². The number of aryl methyl sites for hydroxylation is 1. The van der Waals surface area contributed by atoms with E-state index in [9.17, 15) is 9.59 Å². The van der Waals surface area contributed by atoms with E-state index in [1.54, 1.807) is 6.07 Å². The molecule has 0 aliphatic carbocycles. The zero-order chi connectivity index (χ0) is 17.5. The Morgan fingerprint density at radius 1 is 1.12 bits per heavy atom. The van der Waals surface area contributed by atoms with Gasteiger partial charge in [0, 0.05) is 5.69 Å². The Bertz CT molecular complexity index is 744. The molecule has 0 fully saturated rings. The van der Waals surface area contributed by atoms with Crippen molar-refractivity contribution in [2.24, 2.45) is 0 Å². The van der Waals surface area contributed by atoms with Gasteiger partial charge in [-0.15, -0.1) is 0 Å². The normalized spacial score (nSPS) is 9.92. The number of hydrogen-bond donors (Lipinski definition) is 4. The molecule has 0 spiro atoms. The number of hydrazine groups is 1. The lowest BCUT2D eigenvalue weighted by molar-refractivity contribution is -0.120. The third-order valence-electron chi connectivity index (χ3n) is 3.32. The van der Waals surface area contributed by atoms with Crippen LogP contribution in [0, 0.1) is 13.8 Å². The smallest absolute Gasteiger partial charge is 0.287 e. The molecule has 1 heterocycles. The molecule has 0 unspecified atom stereocenters. The van der Waals surface area contributed by atoms with Gasteiger partial charge in [0.05, 0.1) is 12.8 Å². The van der Waals surface area contributed by atoms with E-state index in [4.69, 9.17) is 16.6 Å². The van der Waals surface area contributed by atoms with E-state index in [0.717, 1.165) is 16.8 Å². The van der Waals surface area contributed by atoms with Crippen LogP contribution in [0.5, 0.6) is 0 Å². The molecule has 7 nitrogen and oxygen atoms in total. The summed E-state index contributed by atoms with van der Waals surface area (Å²) in [5, 5.41) is 5.67. The zero-order valence-corrected chi connectivity index (χ0v) is 14.1. The van der Waals surface area contributed by atoms with Crippen LogP contribution in [0.4, 0.5) is 5.69 Å². The Labute approximate surface area is 144 Å². The molecule has 2 rings (SSSR count). The Balaban J connectivity index is 1.74. The van der Waals surface area contributed by atoms with Crippen molar-refractivity contribution in [2.75, 3.05) is 11.9 Å². The first-order valence-corrected chi connectivity index (χ1v) is 7.62. The molecule has 0 atom stereocenters. The van der Waals surface area contributed by atoms with Gasteiger partial charge in [-0.1, -0.05) is 12.1 Å². The molecule has 0 bridgehead atoms. The summed E-state index contributed by atoms with van der Waals surface area (Å²) >= 11 is 5.12. The van der Waals surface area contributed by atoms with Crippen molar-refractivity contribution in [3.05, 3.63) is 53.5 Å². The Hall–Kier alpha value is -2.87. The molecule has 8 heteroatoms. The van der Waals surface area contributed by atoms with Gasteiger partial charge in [-0.05, 0) is 55.4 Å². The summed E-state index contributed by atoms with van der Waals surface area (Å²) in [4.78, 5) is 23.3. The second kappa shape index (κ2) is 8.11. The Kier molecular flexibility index (Phi) is 5.91. The molecule has 24 heavy (non-hydrogen) atoms. The van der Waals surface area contributed by atoms with Gasteiger partial charge in [-0.3, -0.25) is 20.4 Å². The molecular weight excluding hydrogens is 328 g/mol. The average Bonchev–Trinajstić information content (AvgIpc) is 3.09. The fraction of sp³-hybridized carbons (Fsp3) is 0.188. The van der Waals surface area contributed by atoms with E-state index in [-0.39, 0.29) is 17.4 Å². The minimum absolute atomic E-state index is 0.142. The molecule has 0 saturated heterocycles. The first-order valence-electron chi connectivity index (χ1n) is 7.21. The predicted octanol–water partition coefficient (Wildman–Crippen LogP) is 1.64. The van der Waals surface area contributed by atoms with Gasteiger partial charge in [0.25, 0.3) is 11.8 Å². The van der Waals surface area contributed by atoms with Crippen LogP contribution in [0.3, 0.4) is 0 Å². The molecule has 0 aliphatic rings. The molecule has 0 aliphatic heterocycles. The van der Waals surface area contributed by atoms with Crippen molar-refractivity contribution in [3.63, 3.8) is 0 Å². The topological polar surface area (TPSA) is 95.4 Å². The molecule has 1 aromatic heterocycles. The lowest BCUT2D eigenvalue weighted by Gasteiger charge is -2.14. The number of carbonyl (C=O) groups excluding carboxylic acids is 2. The number of benzene rings is 1. The number of furan rings is 1.